The lowest BCUT2D eigenvalue weighted by Gasteiger charge is -2.18. The van der Waals surface area contributed by atoms with Crippen LogP contribution in [0.2, 0.25) is 0 Å². The second-order valence-corrected chi connectivity index (χ2v) is 8.41. The van der Waals surface area contributed by atoms with Crippen LogP contribution in [-0.4, -0.2) is 18.1 Å². The van der Waals surface area contributed by atoms with Crippen LogP contribution in [0.5, 0.6) is 5.75 Å². The van der Waals surface area contributed by atoms with Gasteiger partial charge in [-0.15, -0.1) is 11.3 Å². The summed E-state index contributed by atoms with van der Waals surface area (Å²) in [5.74, 6) is -0.210. The van der Waals surface area contributed by atoms with E-state index in [-0.39, 0.29) is 17.3 Å². The molecule has 6 heteroatoms. The van der Waals surface area contributed by atoms with E-state index in [1.807, 2.05) is 17.5 Å². The molecule has 0 atom stereocenters. The van der Waals surface area contributed by atoms with Crippen LogP contribution < -0.4 is 10.2 Å². The summed E-state index contributed by atoms with van der Waals surface area (Å²) in [5.41, 5.74) is 5.04. The van der Waals surface area contributed by atoms with Gasteiger partial charge < -0.3 is 4.74 Å². The van der Waals surface area contributed by atoms with Crippen molar-refractivity contribution in [1.29, 1.82) is 0 Å². The molecule has 0 aliphatic rings. The van der Waals surface area contributed by atoms with Crippen molar-refractivity contribution in [2.45, 2.75) is 26.2 Å². The van der Waals surface area contributed by atoms with E-state index < -0.39 is 0 Å². The maximum atomic E-state index is 12.2. The van der Waals surface area contributed by atoms with Crippen molar-refractivity contribution in [2.24, 2.45) is 5.10 Å². The maximum Gasteiger partial charge on any atom is 0.353 e. The second-order valence-electron chi connectivity index (χ2n) is 7.46. The molecule has 29 heavy (non-hydrogen) atoms. The summed E-state index contributed by atoms with van der Waals surface area (Å²) < 4.78 is 5.30. The highest BCUT2D eigenvalue weighted by Crippen LogP contribution is 2.22. The van der Waals surface area contributed by atoms with Gasteiger partial charge in [-0.05, 0) is 64.4 Å². The van der Waals surface area contributed by atoms with E-state index in [2.05, 4.69) is 31.3 Å². The molecular weight excluding hydrogens is 384 g/mol. The Morgan fingerprint density at radius 1 is 1.00 bits per heavy atom. The molecule has 1 aromatic heterocycles. The number of nitrogens with zero attached hydrogens (tertiary/aromatic N) is 1. The molecule has 0 aliphatic heterocycles. The normalized spacial score (nSPS) is 11.4. The minimum atomic E-state index is -0.383. The number of amides is 1. The van der Waals surface area contributed by atoms with Gasteiger partial charge in [0.2, 0.25) is 0 Å². The number of hydrogen-bond acceptors (Lipinski definition) is 5. The van der Waals surface area contributed by atoms with Gasteiger partial charge in [-0.3, -0.25) is 4.79 Å². The maximum absolute atomic E-state index is 12.2. The zero-order valence-corrected chi connectivity index (χ0v) is 17.3. The highest BCUT2D eigenvalue weighted by Gasteiger charge is 2.14. The van der Waals surface area contributed by atoms with E-state index in [0.29, 0.717) is 16.2 Å². The van der Waals surface area contributed by atoms with Crippen LogP contribution in [0.15, 0.2) is 71.1 Å². The topological polar surface area (TPSA) is 67.8 Å². The molecule has 0 aliphatic carbocycles. The summed E-state index contributed by atoms with van der Waals surface area (Å²) >= 11 is 1.33. The smallest absolute Gasteiger partial charge is 0.353 e. The van der Waals surface area contributed by atoms with Crippen LogP contribution in [-0.2, 0) is 5.41 Å². The molecule has 1 N–H and O–H groups in total. The SMILES string of the molecule is CC(C)(C)c1ccc(C(=O)N/N=C/c2ccc(OC(=O)c3cccs3)cc2)cc1. The summed E-state index contributed by atoms with van der Waals surface area (Å²) in [6.07, 6.45) is 1.53. The standard InChI is InChI=1S/C23H22N2O3S/c1-23(2,3)18-10-8-17(9-11-18)21(26)25-24-15-16-6-12-19(13-7-16)28-22(27)20-5-4-14-29-20/h4-15H,1-3H3,(H,25,26)/b24-15+. The van der Waals surface area contributed by atoms with Gasteiger partial charge >= 0.3 is 5.97 Å². The molecule has 0 unspecified atom stereocenters. The first kappa shape index (κ1) is 20.5. The van der Waals surface area contributed by atoms with Crippen molar-refractivity contribution < 1.29 is 14.3 Å². The van der Waals surface area contributed by atoms with E-state index in [4.69, 9.17) is 4.74 Å². The molecular formula is C23H22N2O3S. The first-order valence-electron chi connectivity index (χ1n) is 9.12. The fourth-order valence-electron chi connectivity index (χ4n) is 2.53. The lowest BCUT2D eigenvalue weighted by molar-refractivity contribution is 0.0739. The summed E-state index contributed by atoms with van der Waals surface area (Å²) in [6.45, 7) is 6.38. The molecule has 148 valence electrons. The second kappa shape index (κ2) is 8.84. The van der Waals surface area contributed by atoms with Gasteiger partial charge in [-0.25, -0.2) is 10.2 Å². The van der Waals surface area contributed by atoms with E-state index in [1.54, 1.807) is 48.5 Å². The molecule has 1 heterocycles. The Bertz CT molecular complexity index is 1000. The average Bonchev–Trinajstić information content (AvgIpc) is 3.24. The van der Waals surface area contributed by atoms with Crippen LogP contribution in [0.3, 0.4) is 0 Å². The molecule has 0 saturated carbocycles. The van der Waals surface area contributed by atoms with Crippen LogP contribution in [0, 0.1) is 0 Å². The monoisotopic (exact) mass is 406 g/mol. The minimum absolute atomic E-state index is 0.0391. The minimum Gasteiger partial charge on any atom is -0.422 e. The van der Waals surface area contributed by atoms with Crippen LogP contribution >= 0.6 is 11.3 Å². The van der Waals surface area contributed by atoms with Gasteiger partial charge in [-0.2, -0.15) is 5.10 Å². The molecule has 3 aromatic rings. The van der Waals surface area contributed by atoms with Crippen molar-refractivity contribution in [2.75, 3.05) is 0 Å². The largest absolute Gasteiger partial charge is 0.422 e. The van der Waals surface area contributed by atoms with Crippen molar-refractivity contribution in [3.63, 3.8) is 0 Å². The number of esters is 1. The van der Waals surface area contributed by atoms with E-state index in [9.17, 15) is 9.59 Å². The van der Waals surface area contributed by atoms with Gasteiger partial charge in [0.15, 0.2) is 0 Å². The number of ether oxygens (including phenoxy) is 1. The summed E-state index contributed by atoms with van der Waals surface area (Å²) in [7, 11) is 0. The Morgan fingerprint density at radius 2 is 1.69 bits per heavy atom. The van der Waals surface area contributed by atoms with E-state index >= 15 is 0 Å². The van der Waals surface area contributed by atoms with Gasteiger partial charge in [0, 0.05) is 5.56 Å². The number of benzene rings is 2. The molecule has 2 aromatic carbocycles. The summed E-state index contributed by atoms with van der Waals surface area (Å²) in [5, 5.41) is 5.81. The lowest BCUT2D eigenvalue weighted by Crippen LogP contribution is -2.18. The molecule has 0 fully saturated rings. The first-order chi connectivity index (χ1) is 13.8. The molecule has 0 spiro atoms. The van der Waals surface area contributed by atoms with Gasteiger partial charge in [-0.1, -0.05) is 39.0 Å². The lowest BCUT2D eigenvalue weighted by atomic mass is 9.87. The fourth-order valence-corrected chi connectivity index (χ4v) is 3.12. The Kier molecular flexibility index (Phi) is 6.24. The quantitative estimate of drug-likeness (QED) is 0.280. The molecule has 0 saturated heterocycles. The molecule has 0 bridgehead atoms. The molecule has 1 amide bonds. The van der Waals surface area contributed by atoms with Crippen molar-refractivity contribution in [3.8, 4) is 5.75 Å². The molecule has 3 rings (SSSR count). The average molecular weight is 407 g/mol. The predicted octanol–water partition coefficient (Wildman–Crippen LogP) is 5.03. The van der Waals surface area contributed by atoms with Crippen LogP contribution in [0.25, 0.3) is 0 Å². The molecule has 5 nitrogen and oxygen atoms in total. The summed E-state index contributed by atoms with van der Waals surface area (Å²) in [6, 6.07) is 17.9. The third-order valence-electron chi connectivity index (χ3n) is 4.21. The van der Waals surface area contributed by atoms with Crippen molar-refractivity contribution >= 4 is 29.4 Å². The zero-order chi connectivity index (χ0) is 20.9. The third kappa shape index (κ3) is 5.62. The van der Waals surface area contributed by atoms with E-state index in [1.165, 1.54) is 17.6 Å². The number of nitrogens with one attached hydrogen (secondary N) is 1. The third-order valence-corrected chi connectivity index (χ3v) is 5.06. The predicted molar refractivity (Wildman–Crippen MR) is 116 cm³/mol. The van der Waals surface area contributed by atoms with Crippen LogP contribution in [0.4, 0.5) is 0 Å². The zero-order valence-electron chi connectivity index (χ0n) is 16.5. The highest BCUT2D eigenvalue weighted by molar-refractivity contribution is 7.12. The number of thiophene rings is 1. The van der Waals surface area contributed by atoms with Crippen molar-refractivity contribution in [1.82, 2.24) is 5.43 Å². The highest BCUT2D eigenvalue weighted by atomic mass is 32.1. The van der Waals surface area contributed by atoms with Gasteiger partial charge in [0.05, 0.1) is 6.21 Å². The Morgan fingerprint density at radius 3 is 2.28 bits per heavy atom. The summed E-state index contributed by atoms with van der Waals surface area (Å²) in [4.78, 5) is 24.7. The Labute approximate surface area is 174 Å². The van der Waals surface area contributed by atoms with Gasteiger partial charge in [0.25, 0.3) is 5.91 Å². The van der Waals surface area contributed by atoms with Crippen molar-refractivity contribution in [3.05, 3.63) is 87.6 Å². The molecule has 0 radical (unpaired) electrons. The fraction of sp³-hybridized carbons (Fsp3) is 0.174. The Balaban J connectivity index is 1.54. The number of rotatable bonds is 5. The Hall–Kier alpha value is -3.25. The number of hydrogen-bond donors (Lipinski definition) is 1. The van der Waals surface area contributed by atoms with Gasteiger partial charge in [0.1, 0.15) is 10.6 Å². The van der Waals surface area contributed by atoms with Crippen LogP contribution in [0.1, 0.15) is 51.9 Å². The van der Waals surface area contributed by atoms with E-state index in [0.717, 1.165) is 11.1 Å². The first-order valence-corrected chi connectivity index (χ1v) is 10.0. The number of carbonyl (C=O) groups is 2. The number of carbonyl (C=O) groups excluding carboxylic acids is 2. The number of hydrazone groups is 1.